The van der Waals surface area contributed by atoms with Crippen molar-refractivity contribution in [3.8, 4) is 0 Å². The van der Waals surface area contributed by atoms with Crippen LogP contribution >= 0.6 is 0 Å². The van der Waals surface area contributed by atoms with Crippen molar-refractivity contribution in [3.05, 3.63) is 27.2 Å². The summed E-state index contributed by atoms with van der Waals surface area (Å²) in [6.45, 7) is 3.49. The highest BCUT2D eigenvalue weighted by atomic mass is 16.5. The number of hydroxylamine groups is 2. The summed E-state index contributed by atoms with van der Waals surface area (Å²) in [4.78, 5) is 28.2. The quantitative estimate of drug-likeness (QED) is 0.754. The Hall–Kier alpha value is -1.93. The van der Waals surface area contributed by atoms with Crippen molar-refractivity contribution >= 4 is 11.2 Å². The van der Waals surface area contributed by atoms with Crippen LogP contribution in [0.1, 0.15) is 19.8 Å². The van der Waals surface area contributed by atoms with Crippen molar-refractivity contribution in [3.63, 3.8) is 0 Å². The summed E-state index contributed by atoms with van der Waals surface area (Å²) in [6.07, 6.45) is 3.45. The Morgan fingerprint density at radius 2 is 1.95 bits per heavy atom. The molecule has 1 N–H and O–H groups in total. The summed E-state index contributed by atoms with van der Waals surface area (Å²) in [5.74, 6) is 0. The first-order valence-electron chi connectivity index (χ1n) is 7.02. The monoisotopic (exact) mass is 295 g/mol. The molecule has 8 heteroatoms. The number of unbranched alkanes of at least 4 members (excludes halogenated alkanes) is 1. The van der Waals surface area contributed by atoms with Gasteiger partial charge < -0.3 is 9.77 Å². The van der Waals surface area contributed by atoms with E-state index in [1.54, 1.807) is 11.6 Å². The van der Waals surface area contributed by atoms with Crippen molar-refractivity contribution in [2.75, 3.05) is 13.1 Å². The van der Waals surface area contributed by atoms with Crippen molar-refractivity contribution < 1.29 is 5.21 Å². The number of hydrogen-bond acceptors (Lipinski definition) is 5. The van der Waals surface area contributed by atoms with Gasteiger partial charge in [0.15, 0.2) is 11.2 Å². The molecular weight excluding hydrogens is 274 g/mol. The van der Waals surface area contributed by atoms with E-state index >= 15 is 0 Å². The molecule has 2 aromatic rings. The molecule has 0 aromatic carbocycles. The molecule has 0 aliphatic heterocycles. The fourth-order valence-electron chi connectivity index (χ4n) is 2.24. The molecule has 0 bridgehead atoms. The minimum absolute atomic E-state index is 0.362. The Labute approximate surface area is 121 Å². The third-order valence-corrected chi connectivity index (χ3v) is 3.59. The molecule has 0 unspecified atom stereocenters. The van der Waals surface area contributed by atoms with E-state index in [0.717, 1.165) is 17.4 Å². The van der Waals surface area contributed by atoms with Gasteiger partial charge in [0.05, 0.1) is 6.33 Å². The Morgan fingerprint density at radius 3 is 2.62 bits per heavy atom. The first kappa shape index (κ1) is 15.5. The second-order valence-electron chi connectivity index (χ2n) is 5.12. The van der Waals surface area contributed by atoms with Crippen LogP contribution in [-0.4, -0.2) is 42.0 Å². The van der Waals surface area contributed by atoms with Crippen molar-refractivity contribution in [1.82, 2.24) is 23.7 Å². The van der Waals surface area contributed by atoms with Gasteiger partial charge in [0.2, 0.25) is 0 Å². The fourth-order valence-corrected chi connectivity index (χ4v) is 2.24. The van der Waals surface area contributed by atoms with Crippen LogP contribution < -0.4 is 11.2 Å². The molecule has 0 radical (unpaired) electrons. The van der Waals surface area contributed by atoms with Crippen LogP contribution in [0.4, 0.5) is 0 Å². The summed E-state index contributed by atoms with van der Waals surface area (Å²) in [6, 6.07) is 0. The predicted molar refractivity (Wildman–Crippen MR) is 78.5 cm³/mol. The van der Waals surface area contributed by atoms with Gasteiger partial charge in [-0.1, -0.05) is 13.3 Å². The number of aryl methyl sites for hydroxylation is 1. The van der Waals surface area contributed by atoms with Gasteiger partial charge in [-0.05, 0) is 6.42 Å². The minimum atomic E-state index is -0.399. The largest absolute Gasteiger partial charge is 0.332 e. The zero-order valence-corrected chi connectivity index (χ0v) is 12.6. The maximum absolute atomic E-state index is 12.2. The zero-order valence-electron chi connectivity index (χ0n) is 12.6. The number of aromatic nitrogens is 4. The molecule has 8 nitrogen and oxygen atoms in total. The average Bonchev–Trinajstić information content (AvgIpc) is 2.90. The lowest BCUT2D eigenvalue weighted by atomic mass is 10.3. The maximum atomic E-state index is 12.2. The third kappa shape index (κ3) is 2.91. The van der Waals surface area contributed by atoms with E-state index in [1.165, 1.54) is 23.0 Å². The van der Waals surface area contributed by atoms with Gasteiger partial charge in [0.1, 0.15) is 0 Å². The molecule has 0 saturated carbocycles. The average molecular weight is 295 g/mol. The maximum Gasteiger partial charge on any atom is 0.332 e. The van der Waals surface area contributed by atoms with Crippen molar-refractivity contribution in [1.29, 1.82) is 0 Å². The molecule has 0 atom stereocenters. The number of nitrogens with zero attached hydrogens (tertiary/aromatic N) is 5. The number of hydrogen-bond donors (Lipinski definition) is 1. The summed E-state index contributed by atoms with van der Waals surface area (Å²) in [7, 11) is 3.03. The lowest BCUT2D eigenvalue weighted by Gasteiger charge is -2.14. The normalized spacial score (nSPS) is 11.7. The smallest absolute Gasteiger partial charge is 0.323 e. The van der Waals surface area contributed by atoms with Crippen LogP contribution in [0.5, 0.6) is 0 Å². The Morgan fingerprint density at radius 1 is 1.24 bits per heavy atom. The Kier molecular flexibility index (Phi) is 4.59. The van der Waals surface area contributed by atoms with Gasteiger partial charge in [-0.15, -0.1) is 0 Å². The van der Waals surface area contributed by atoms with Gasteiger partial charge in [0.25, 0.3) is 5.56 Å². The Bertz CT molecular complexity index is 743. The van der Waals surface area contributed by atoms with Gasteiger partial charge in [-0.3, -0.25) is 13.9 Å². The molecule has 0 aliphatic carbocycles. The standard InChI is InChI=1S/C13H21N5O3/c1-4-5-6-18(21)8-7-17-9-14-11-10(17)12(19)16(3)13(20)15(11)2/h9,21H,4-8H2,1-3H3. The van der Waals surface area contributed by atoms with E-state index in [-0.39, 0.29) is 5.56 Å². The first-order chi connectivity index (χ1) is 9.97. The lowest BCUT2D eigenvalue weighted by molar-refractivity contribution is -0.0932. The summed E-state index contributed by atoms with van der Waals surface area (Å²) >= 11 is 0. The number of imidazole rings is 1. The number of rotatable bonds is 6. The number of fused-ring (bicyclic) bond motifs is 1. The second-order valence-corrected chi connectivity index (χ2v) is 5.12. The van der Waals surface area contributed by atoms with E-state index in [0.29, 0.717) is 30.8 Å². The highest BCUT2D eigenvalue weighted by molar-refractivity contribution is 5.69. The molecule has 116 valence electrons. The van der Waals surface area contributed by atoms with Crippen LogP contribution in [0.25, 0.3) is 11.2 Å². The molecule has 0 spiro atoms. The van der Waals surface area contributed by atoms with E-state index in [4.69, 9.17) is 0 Å². The topological polar surface area (TPSA) is 85.3 Å². The molecule has 2 aromatic heterocycles. The predicted octanol–water partition coefficient (Wildman–Crippen LogP) is -0.0750. The fraction of sp³-hybridized carbons (Fsp3) is 0.615. The van der Waals surface area contributed by atoms with Crippen LogP contribution in [0.15, 0.2) is 15.9 Å². The van der Waals surface area contributed by atoms with E-state index in [9.17, 15) is 14.8 Å². The molecule has 0 aliphatic rings. The van der Waals surface area contributed by atoms with E-state index < -0.39 is 5.69 Å². The highest BCUT2D eigenvalue weighted by Gasteiger charge is 2.14. The second kappa shape index (κ2) is 6.23. The molecule has 2 rings (SSSR count). The summed E-state index contributed by atoms with van der Waals surface area (Å²) < 4.78 is 4.08. The molecule has 0 fully saturated rings. The van der Waals surface area contributed by atoms with Gasteiger partial charge in [-0.25, -0.2) is 9.78 Å². The van der Waals surface area contributed by atoms with Crippen LogP contribution in [0.2, 0.25) is 0 Å². The first-order valence-corrected chi connectivity index (χ1v) is 7.02. The van der Waals surface area contributed by atoms with Crippen LogP contribution in [-0.2, 0) is 20.6 Å². The molecule has 21 heavy (non-hydrogen) atoms. The third-order valence-electron chi connectivity index (χ3n) is 3.59. The SMILES string of the molecule is CCCCN(O)CCn1cnc2c1c(=O)n(C)c(=O)n2C. The molecule has 0 saturated heterocycles. The lowest BCUT2D eigenvalue weighted by Crippen LogP contribution is -2.37. The summed E-state index contributed by atoms with van der Waals surface area (Å²) in [5, 5.41) is 11.0. The van der Waals surface area contributed by atoms with Crippen molar-refractivity contribution in [2.45, 2.75) is 26.3 Å². The minimum Gasteiger partial charge on any atom is -0.323 e. The van der Waals surface area contributed by atoms with Crippen LogP contribution in [0.3, 0.4) is 0 Å². The van der Waals surface area contributed by atoms with Gasteiger partial charge >= 0.3 is 5.69 Å². The van der Waals surface area contributed by atoms with Crippen LogP contribution in [0, 0.1) is 0 Å². The molecule has 0 amide bonds. The summed E-state index contributed by atoms with van der Waals surface area (Å²) in [5.41, 5.74) is -0.0298. The van der Waals surface area contributed by atoms with Crippen molar-refractivity contribution in [2.24, 2.45) is 14.1 Å². The highest BCUT2D eigenvalue weighted by Crippen LogP contribution is 2.05. The molecule has 2 heterocycles. The van der Waals surface area contributed by atoms with Gasteiger partial charge in [-0.2, -0.15) is 5.06 Å². The van der Waals surface area contributed by atoms with E-state index in [1.807, 2.05) is 0 Å². The molecular formula is C13H21N5O3. The Balaban J connectivity index is 2.30. The zero-order chi connectivity index (χ0) is 15.6. The van der Waals surface area contributed by atoms with Gasteiger partial charge in [0, 0.05) is 33.7 Å². The van der Waals surface area contributed by atoms with E-state index in [2.05, 4.69) is 11.9 Å².